The zero-order chi connectivity index (χ0) is 18.3. The molecule has 0 saturated carbocycles. The number of anilines is 2. The Morgan fingerprint density at radius 2 is 1.92 bits per heavy atom. The number of hydrogen-bond acceptors (Lipinski definition) is 6. The highest BCUT2D eigenvalue weighted by Gasteiger charge is 2.14. The van der Waals surface area contributed by atoms with Crippen LogP contribution >= 0.6 is 23.1 Å². The lowest BCUT2D eigenvalue weighted by Gasteiger charge is -2.19. The number of aryl methyl sites for hydroxylation is 1. The smallest absolute Gasteiger partial charge is 0.230 e. The van der Waals surface area contributed by atoms with Crippen LogP contribution in [0.5, 0.6) is 0 Å². The Kier molecular flexibility index (Phi) is 7.25. The van der Waals surface area contributed by atoms with Crippen LogP contribution in [0.3, 0.4) is 0 Å². The zero-order valence-corrected chi connectivity index (χ0v) is 16.9. The summed E-state index contributed by atoms with van der Waals surface area (Å²) in [6.07, 6.45) is 3.54. The summed E-state index contributed by atoms with van der Waals surface area (Å²) in [6, 6.07) is 8.42. The maximum Gasteiger partial charge on any atom is 0.230 e. The van der Waals surface area contributed by atoms with Gasteiger partial charge in [-0.15, -0.1) is 10.2 Å². The number of carbonyl (C=O) groups is 1. The van der Waals surface area contributed by atoms with Crippen molar-refractivity contribution in [2.75, 3.05) is 11.1 Å². The lowest BCUT2D eigenvalue weighted by Crippen LogP contribution is -2.41. The molecule has 0 spiro atoms. The number of aromatic nitrogens is 2. The van der Waals surface area contributed by atoms with Gasteiger partial charge in [0, 0.05) is 11.2 Å². The Balaban J connectivity index is 1.83. The molecule has 0 aliphatic heterocycles. The molecule has 1 aromatic heterocycles. The maximum atomic E-state index is 11.8. The van der Waals surface area contributed by atoms with Gasteiger partial charge in [-0.25, -0.2) is 0 Å². The molecular formula is C18H26N4OS2. The average Bonchev–Trinajstić information content (AvgIpc) is 2.98. The van der Waals surface area contributed by atoms with Gasteiger partial charge in [-0.2, -0.15) is 0 Å². The summed E-state index contributed by atoms with van der Waals surface area (Å²) >= 11 is 2.86. The van der Waals surface area contributed by atoms with Crippen LogP contribution < -0.4 is 10.6 Å². The summed E-state index contributed by atoms with van der Waals surface area (Å²) in [7, 11) is 0. The molecule has 0 fully saturated rings. The standard InChI is InChI=1S/C18H26N4OS2/c1-5-6-7-13-8-10-14(11-9-13)19-16-21-22-17(25-16)24-12-15(23)20-18(2,3)4/h8-11H,5-7,12H2,1-4H3,(H,19,21)(H,20,23). The number of unbranched alkanes of at least 4 members (excludes halogenated alkanes) is 1. The van der Waals surface area contributed by atoms with Crippen molar-refractivity contribution in [3.63, 3.8) is 0 Å². The molecule has 5 nitrogen and oxygen atoms in total. The highest BCUT2D eigenvalue weighted by molar-refractivity contribution is 8.01. The van der Waals surface area contributed by atoms with Crippen molar-refractivity contribution in [2.24, 2.45) is 0 Å². The molecule has 25 heavy (non-hydrogen) atoms. The molecule has 0 aliphatic rings. The van der Waals surface area contributed by atoms with Gasteiger partial charge < -0.3 is 10.6 Å². The Labute approximate surface area is 158 Å². The Morgan fingerprint density at radius 1 is 1.20 bits per heavy atom. The summed E-state index contributed by atoms with van der Waals surface area (Å²) in [6.45, 7) is 8.11. The van der Waals surface area contributed by atoms with Crippen LogP contribution in [-0.2, 0) is 11.2 Å². The predicted molar refractivity (Wildman–Crippen MR) is 107 cm³/mol. The van der Waals surface area contributed by atoms with E-state index >= 15 is 0 Å². The third-order valence-corrected chi connectivity index (χ3v) is 5.24. The van der Waals surface area contributed by atoms with Gasteiger partial charge in [0.15, 0.2) is 4.34 Å². The van der Waals surface area contributed by atoms with E-state index in [-0.39, 0.29) is 11.4 Å². The number of thioether (sulfide) groups is 1. The topological polar surface area (TPSA) is 66.9 Å². The number of amides is 1. The van der Waals surface area contributed by atoms with Gasteiger partial charge in [0.1, 0.15) is 0 Å². The first kappa shape index (κ1) is 19.7. The van der Waals surface area contributed by atoms with Gasteiger partial charge in [-0.1, -0.05) is 48.6 Å². The number of rotatable bonds is 8. The monoisotopic (exact) mass is 378 g/mol. The number of nitrogens with zero attached hydrogens (tertiary/aromatic N) is 2. The number of benzene rings is 1. The molecule has 2 aromatic rings. The van der Waals surface area contributed by atoms with Gasteiger partial charge in [0.2, 0.25) is 11.0 Å². The van der Waals surface area contributed by atoms with E-state index in [2.05, 4.69) is 52.0 Å². The first-order valence-corrected chi connectivity index (χ1v) is 10.3. The fourth-order valence-electron chi connectivity index (χ4n) is 2.16. The van der Waals surface area contributed by atoms with Crippen molar-refractivity contribution in [3.05, 3.63) is 29.8 Å². The molecular weight excluding hydrogens is 352 g/mol. The van der Waals surface area contributed by atoms with Crippen LogP contribution in [0.1, 0.15) is 46.1 Å². The summed E-state index contributed by atoms with van der Waals surface area (Å²) in [5.74, 6) is 0.350. The van der Waals surface area contributed by atoms with E-state index in [1.54, 1.807) is 0 Å². The summed E-state index contributed by atoms with van der Waals surface area (Å²) in [5.41, 5.74) is 2.14. The molecule has 1 aromatic carbocycles. The molecule has 2 N–H and O–H groups in total. The molecule has 7 heteroatoms. The van der Waals surface area contributed by atoms with Crippen LogP contribution in [0, 0.1) is 0 Å². The van der Waals surface area contributed by atoms with E-state index < -0.39 is 0 Å². The molecule has 0 unspecified atom stereocenters. The van der Waals surface area contributed by atoms with Gasteiger partial charge in [-0.05, 0) is 51.3 Å². The predicted octanol–water partition coefficient (Wildman–Crippen LogP) is 4.63. The van der Waals surface area contributed by atoms with Crippen LogP contribution in [0.2, 0.25) is 0 Å². The van der Waals surface area contributed by atoms with Crippen molar-refractivity contribution in [1.82, 2.24) is 15.5 Å². The van der Waals surface area contributed by atoms with Gasteiger partial charge in [0.25, 0.3) is 0 Å². The third-order valence-electron chi connectivity index (χ3n) is 3.27. The fourth-order valence-corrected chi connectivity index (χ4v) is 3.73. The Hall–Kier alpha value is -1.60. The van der Waals surface area contributed by atoms with E-state index in [1.165, 1.54) is 41.5 Å². The number of hydrogen-bond donors (Lipinski definition) is 2. The van der Waals surface area contributed by atoms with E-state index in [0.29, 0.717) is 5.75 Å². The number of nitrogens with one attached hydrogen (secondary N) is 2. The molecule has 1 amide bonds. The lowest BCUT2D eigenvalue weighted by atomic mass is 10.1. The van der Waals surface area contributed by atoms with E-state index in [9.17, 15) is 4.79 Å². The number of carbonyl (C=O) groups excluding carboxylic acids is 1. The maximum absolute atomic E-state index is 11.8. The van der Waals surface area contributed by atoms with Crippen molar-refractivity contribution in [3.8, 4) is 0 Å². The Bertz CT molecular complexity index is 677. The molecule has 0 bridgehead atoms. The Morgan fingerprint density at radius 3 is 2.56 bits per heavy atom. The second kappa shape index (κ2) is 9.20. The van der Waals surface area contributed by atoms with Crippen LogP contribution in [0.15, 0.2) is 28.6 Å². The quantitative estimate of drug-likeness (QED) is 0.656. The SMILES string of the molecule is CCCCc1ccc(Nc2nnc(SCC(=O)NC(C)(C)C)s2)cc1. The molecule has 0 aliphatic carbocycles. The molecule has 136 valence electrons. The molecule has 0 saturated heterocycles. The van der Waals surface area contributed by atoms with E-state index in [0.717, 1.165) is 21.6 Å². The largest absolute Gasteiger partial charge is 0.351 e. The average molecular weight is 379 g/mol. The second-order valence-corrected chi connectivity index (χ2v) is 9.09. The first-order valence-electron chi connectivity index (χ1n) is 8.49. The third kappa shape index (κ3) is 7.44. The lowest BCUT2D eigenvalue weighted by molar-refractivity contribution is -0.119. The summed E-state index contributed by atoms with van der Waals surface area (Å²) < 4.78 is 0.783. The fraction of sp³-hybridized carbons (Fsp3) is 0.500. The van der Waals surface area contributed by atoms with Crippen LogP contribution in [0.4, 0.5) is 10.8 Å². The van der Waals surface area contributed by atoms with Gasteiger partial charge in [0.05, 0.1) is 5.75 Å². The molecule has 1 heterocycles. The normalized spacial score (nSPS) is 11.4. The van der Waals surface area contributed by atoms with Crippen molar-refractivity contribution in [1.29, 1.82) is 0 Å². The highest BCUT2D eigenvalue weighted by atomic mass is 32.2. The molecule has 0 radical (unpaired) electrons. The van der Waals surface area contributed by atoms with E-state index in [4.69, 9.17) is 0 Å². The minimum absolute atomic E-state index is 0.00452. The van der Waals surface area contributed by atoms with Gasteiger partial charge >= 0.3 is 0 Å². The summed E-state index contributed by atoms with van der Waals surface area (Å²) in [5, 5.41) is 15.2. The second-order valence-electron chi connectivity index (χ2n) is 6.89. The summed E-state index contributed by atoms with van der Waals surface area (Å²) in [4.78, 5) is 11.8. The van der Waals surface area contributed by atoms with Crippen molar-refractivity contribution < 1.29 is 4.79 Å². The van der Waals surface area contributed by atoms with Gasteiger partial charge in [-0.3, -0.25) is 4.79 Å². The van der Waals surface area contributed by atoms with Crippen molar-refractivity contribution >= 4 is 39.8 Å². The highest BCUT2D eigenvalue weighted by Crippen LogP contribution is 2.27. The minimum Gasteiger partial charge on any atom is -0.351 e. The minimum atomic E-state index is -0.214. The molecule has 0 atom stereocenters. The van der Waals surface area contributed by atoms with Crippen LogP contribution in [0.25, 0.3) is 0 Å². The first-order chi connectivity index (χ1) is 11.9. The van der Waals surface area contributed by atoms with Crippen LogP contribution in [-0.4, -0.2) is 27.4 Å². The van der Waals surface area contributed by atoms with Crippen molar-refractivity contribution in [2.45, 2.75) is 56.8 Å². The zero-order valence-electron chi connectivity index (χ0n) is 15.3. The van der Waals surface area contributed by atoms with E-state index in [1.807, 2.05) is 20.8 Å². The molecule has 2 rings (SSSR count).